The van der Waals surface area contributed by atoms with Gasteiger partial charge in [0.1, 0.15) is 0 Å². The monoisotopic (exact) mass is 397 g/mol. The summed E-state index contributed by atoms with van der Waals surface area (Å²) in [5.74, 6) is 0.0409. The Labute approximate surface area is 175 Å². The summed E-state index contributed by atoms with van der Waals surface area (Å²) in [4.78, 5) is 24.5. The molecule has 0 bridgehead atoms. The molecule has 150 valence electrons. The Morgan fingerprint density at radius 3 is 2.13 bits per heavy atom. The normalized spacial score (nSPS) is 11.0. The van der Waals surface area contributed by atoms with E-state index in [1.54, 1.807) is 10.7 Å². The number of benzene rings is 3. The van der Waals surface area contributed by atoms with Gasteiger partial charge in [-0.2, -0.15) is 5.10 Å². The van der Waals surface area contributed by atoms with Gasteiger partial charge in [-0.25, -0.2) is 0 Å². The van der Waals surface area contributed by atoms with Gasteiger partial charge in [0, 0.05) is 24.3 Å². The van der Waals surface area contributed by atoms with Gasteiger partial charge < -0.3 is 5.32 Å². The van der Waals surface area contributed by atoms with Crippen LogP contribution in [0.3, 0.4) is 0 Å². The average molecular weight is 397 g/mol. The summed E-state index contributed by atoms with van der Waals surface area (Å²) in [6.45, 7) is 0.930. The fourth-order valence-corrected chi connectivity index (χ4v) is 3.65. The van der Waals surface area contributed by atoms with Gasteiger partial charge in [0.2, 0.25) is 11.3 Å². The number of carbonyl (C=O) groups is 1. The van der Waals surface area contributed by atoms with Crippen LogP contribution in [0.5, 0.6) is 0 Å². The number of nitrogens with one attached hydrogen (secondary N) is 1. The molecule has 5 heteroatoms. The lowest BCUT2D eigenvalue weighted by atomic mass is 9.91. The smallest absolute Gasteiger partial charge is 0.221 e. The van der Waals surface area contributed by atoms with Crippen LogP contribution in [0.4, 0.5) is 0 Å². The minimum atomic E-state index is -0.111. The number of nitrogens with zero attached hydrogens (tertiary/aromatic N) is 2. The summed E-state index contributed by atoms with van der Waals surface area (Å²) in [5.41, 5.74) is 2.96. The Kier molecular flexibility index (Phi) is 5.99. The molecule has 1 heterocycles. The molecule has 0 unspecified atom stereocenters. The molecule has 4 rings (SSSR count). The van der Waals surface area contributed by atoms with Crippen molar-refractivity contribution in [3.8, 4) is 0 Å². The zero-order valence-electron chi connectivity index (χ0n) is 16.6. The molecule has 0 aliphatic heterocycles. The summed E-state index contributed by atoms with van der Waals surface area (Å²) >= 11 is 0. The lowest BCUT2D eigenvalue weighted by Gasteiger charge is -2.19. The van der Waals surface area contributed by atoms with Crippen LogP contribution in [-0.2, 0) is 11.3 Å². The molecule has 1 amide bonds. The van der Waals surface area contributed by atoms with Crippen LogP contribution in [0, 0.1) is 0 Å². The van der Waals surface area contributed by atoms with Gasteiger partial charge in [0.25, 0.3) is 0 Å². The highest BCUT2D eigenvalue weighted by atomic mass is 16.1. The van der Waals surface area contributed by atoms with Crippen molar-refractivity contribution < 1.29 is 4.79 Å². The average Bonchev–Trinajstić information content (AvgIpc) is 2.80. The number of rotatable bonds is 7. The number of hydrogen-bond donors (Lipinski definition) is 1. The second-order valence-corrected chi connectivity index (χ2v) is 7.18. The summed E-state index contributed by atoms with van der Waals surface area (Å²) in [7, 11) is 0. The van der Waals surface area contributed by atoms with Crippen LogP contribution in [0.1, 0.15) is 23.5 Å². The van der Waals surface area contributed by atoms with Crippen molar-refractivity contribution in [2.45, 2.75) is 18.9 Å². The molecule has 0 atom stereocenters. The quantitative estimate of drug-likeness (QED) is 0.517. The number of aromatic nitrogens is 2. The molecular weight excluding hydrogens is 374 g/mol. The highest BCUT2D eigenvalue weighted by molar-refractivity contribution is 5.79. The SMILES string of the molecule is O=C(CCn1ncc(=O)c2ccccc21)NCC(c1ccccc1)c1ccccc1. The van der Waals surface area contributed by atoms with Gasteiger partial charge >= 0.3 is 0 Å². The van der Waals surface area contributed by atoms with Crippen LogP contribution in [0.15, 0.2) is 95.9 Å². The Hall–Kier alpha value is -3.73. The third-order valence-electron chi connectivity index (χ3n) is 5.22. The molecule has 1 N–H and O–H groups in total. The maximum absolute atomic E-state index is 12.6. The van der Waals surface area contributed by atoms with Crippen LogP contribution in [0.2, 0.25) is 0 Å². The Morgan fingerprint density at radius 2 is 1.47 bits per heavy atom. The van der Waals surface area contributed by atoms with E-state index in [9.17, 15) is 9.59 Å². The van der Waals surface area contributed by atoms with E-state index in [1.807, 2.05) is 54.6 Å². The Balaban J connectivity index is 1.44. The predicted octanol–water partition coefficient (Wildman–Crippen LogP) is 3.73. The lowest BCUT2D eigenvalue weighted by molar-refractivity contribution is -0.121. The number of para-hydroxylation sites is 1. The largest absolute Gasteiger partial charge is 0.355 e. The third kappa shape index (κ3) is 4.46. The van der Waals surface area contributed by atoms with E-state index in [0.29, 0.717) is 18.5 Å². The van der Waals surface area contributed by atoms with E-state index in [2.05, 4.69) is 34.7 Å². The van der Waals surface area contributed by atoms with E-state index < -0.39 is 0 Å². The highest BCUT2D eigenvalue weighted by Crippen LogP contribution is 2.23. The first-order valence-electron chi connectivity index (χ1n) is 10.0. The maximum Gasteiger partial charge on any atom is 0.221 e. The second kappa shape index (κ2) is 9.18. The zero-order chi connectivity index (χ0) is 20.8. The molecule has 1 aromatic heterocycles. The van der Waals surface area contributed by atoms with Crippen LogP contribution in [0.25, 0.3) is 10.9 Å². The van der Waals surface area contributed by atoms with E-state index in [4.69, 9.17) is 0 Å². The summed E-state index contributed by atoms with van der Waals surface area (Å²) < 4.78 is 1.71. The van der Waals surface area contributed by atoms with Crippen molar-refractivity contribution in [3.05, 3.63) is 112 Å². The van der Waals surface area contributed by atoms with Crippen molar-refractivity contribution >= 4 is 16.8 Å². The van der Waals surface area contributed by atoms with Crippen molar-refractivity contribution in [1.82, 2.24) is 15.1 Å². The molecule has 0 aliphatic rings. The minimum Gasteiger partial charge on any atom is -0.355 e. The Bertz CT molecular complexity index is 1150. The fraction of sp³-hybridized carbons (Fsp3) is 0.160. The van der Waals surface area contributed by atoms with Crippen molar-refractivity contribution in [2.24, 2.45) is 0 Å². The van der Waals surface area contributed by atoms with Gasteiger partial charge in [-0.3, -0.25) is 14.3 Å². The lowest BCUT2D eigenvalue weighted by Crippen LogP contribution is -2.30. The first-order valence-corrected chi connectivity index (χ1v) is 10.0. The van der Waals surface area contributed by atoms with Gasteiger partial charge in [-0.15, -0.1) is 0 Å². The molecular formula is C25H23N3O2. The molecule has 0 aliphatic carbocycles. The second-order valence-electron chi connectivity index (χ2n) is 7.18. The zero-order valence-corrected chi connectivity index (χ0v) is 16.6. The number of hydrogen-bond acceptors (Lipinski definition) is 3. The highest BCUT2D eigenvalue weighted by Gasteiger charge is 2.15. The number of aryl methyl sites for hydroxylation is 1. The molecule has 0 saturated carbocycles. The first-order chi connectivity index (χ1) is 14.7. The van der Waals surface area contributed by atoms with E-state index in [-0.39, 0.29) is 23.7 Å². The minimum absolute atomic E-state index is 0.0450. The maximum atomic E-state index is 12.6. The van der Waals surface area contributed by atoms with Gasteiger partial charge in [-0.1, -0.05) is 72.8 Å². The number of amides is 1. The molecule has 4 aromatic rings. The summed E-state index contributed by atoms with van der Waals surface area (Å²) in [5, 5.41) is 7.87. The van der Waals surface area contributed by atoms with E-state index >= 15 is 0 Å². The van der Waals surface area contributed by atoms with Crippen molar-refractivity contribution in [3.63, 3.8) is 0 Å². The van der Waals surface area contributed by atoms with Gasteiger partial charge in [-0.05, 0) is 23.3 Å². The molecule has 0 spiro atoms. The standard InChI is InChI=1S/C25H23N3O2/c29-24-18-27-28(23-14-8-7-13-21(23)24)16-15-25(30)26-17-22(19-9-3-1-4-10-19)20-11-5-2-6-12-20/h1-14,18,22H,15-17H2,(H,26,30). The van der Waals surface area contributed by atoms with Gasteiger partial charge in [0.15, 0.2) is 0 Å². The van der Waals surface area contributed by atoms with Gasteiger partial charge in [0.05, 0.1) is 18.3 Å². The first kappa shape index (κ1) is 19.6. The molecule has 0 fully saturated rings. The summed E-state index contributed by atoms with van der Waals surface area (Å²) in [6.07, 6.45) is 1.59. The van der Waals surface area contributed by atoms with E-state index in [0.717, 1.165) is 16.6 Å². The van der Waals surface area contributed by atoms with Crippen LogP contribution in [-0.4, -0.2) is 22.2 Å². The van der Waals surface area contributed by atoms with Crippen LogP contribution < -0.4 is 10.7 Å². The number of fused-ring (bicyclic) bond motifs is 1. The van der Waals surface area contributed by atoms with E-state index in [1.165, 1.54) is 6.20 Å². The molecule has 0 radical (unpaired) electrons. The predicted molar refractivity (Wildman–Crippen MR) is 118 cm³/mol. The topological polar surface area (TPSA) is 64.0 Å². The van der Waals surface area contributed by atoms with Crippen molar-refractivity contribution in [2.75, 3.05) is 6.54 Å². The molecule has 3 aromatic carbocycles. The number of carbonyl (C=O) groups excluding carboxylic acids is 1. The summed E-state index contributed by atoms with van der Waals surface area (Å²) in [6, 6.07) is 27.7. The Morgan fingerprint density at radius 1 is 0.867 bits per heavy atom. The molecule has 0 saturated heterocycles. The van der Waals surface area contributed by atoms with Crippen LogP contribution >= 0.6 is 0 Å². The fourth-order valence-electron chi connectivity index (χ4n) is 3.65. The molecule has 30 heavy (non-hydrogen) atoms. The molecule has 5 nitrogen and oxygen atoms in total. The third-order valence-corrected chi connectivity index (χ3v) is 5.22. The van der Waals surface area contributed by atoms with Crippen molar-refractivity contribution in [1.29, 1.82) is 0 Å².